The molecule has 1 aliphatic carbocycles. The summed E-state index contributed by atoms with van der Waals surface area (Å²) in [6.07, 6.45) is 5.83. The van der Waals surface area contributed by atoms with Crippen molar-refractivity contribution in [2.75, 3.05) is 39.3 Å². The number of likely N-dealkylation sites (tertiary alicyclic amines) is 2. The van der Waals surface area contributed by atoms with Crippen LogP contribution < -0.4 is 5.32 Å². The Kier molecular flexibility index (Phi) is 9.06. The summed E-state index contributed by atoms with van der Waals surface area (Å²) >= 11 is 6.31. The first-order valence-electron chi connectivity index (χ1n) is 15.9. The summed E-state index contributed by atoms with van der Waals surface area (Å²) in [6, 6.07) is 21.5. The van der Waals surface area contributed by atoms with Crippen LogP contribution in [-0.2, 0) is 26.8 Å². The summed E-state index contributed by atoms with van der Waals surface area (Å²) in [5, 5.41) is 3.71. The normalized spacial score (nSPS) is 23.2. The second kappa shape index (κ2) is 13.0. The predicted octanol–water partition coefficient (Wildman–Crippen LogP) is 6.28. The van der Waals surface area contributed by atoms with Crippen molar-refractivity contribution in [1.29, 1.82) is 0 Å². The number of carbonyl (C=O) groups is 2. The van der Waals surface area contributed by atoms with Crippen LogP contribution in [-0.4, -0.2) is 60.9 Å². The van der Waals surface area contributed by atoms with Crippen molar-refractivity contribution in [3.05, 3.63) is 106 Å². The Hall–Kier alpha value is -3.29. The molecule has 44 heavy (non-hydrogen) atoms. The molecule has 2 atom stereocenters. The van der Waals surface area contributed by atoms with Gasteiger partial charge in [0, 0.05) is 31.2 Å². The number of amides is 2. The van der Waals surface area contributed by atoms with Crippen LogP contribution in [0.15, 0.2) is 72.8 Å². The van der Waals surface area contributed by atoms with Crippen LogP contribution in [0.2, 0.25) is 5.02 Å². The highest BCUT2D eigenvalue weighted by molar-refractivity contribution is 6.31. The third-order valence-corrected chi connectivity index (χ3v) is 10.5. The molecule has 0 unspecified atom stereocenters. The number of hydrogen-bond donors (Lipinski definition) is 1. The van der Waals surface area contributed by atoms with E-state index in [4.69, 9.17) is 11.6 Å². The molecule has 1 N–H and O–H groups in total. The van der Waals surface area contributed by atoms with Crippen molar-refractivity contribution in [2.45, 2.75) is 55.8 Å². The van der Waals surface area contributed by atoms with Gasteiger partial charge < -0.3 is 15.1 Å². The van der Waals surface area contributed by atoms with Crippen molar-refractivity contribution < 1.29 is 18.4 Å². The van der Waals surface area contributed by atoms with Crippen molar-refractivity contribution in [2.24, 2.45) is 5.92 Å². The van der Waals surface area contributed by atoms with Gasteiger partial charge in [-0.1, -0.05) is 66.2 Å². The minimum atomic E-state index is -0.946. The summed E-state index contributed by atoms with van der Waals surface area (Å²) in [5.41, 5.74) is 1.06. The van der Waals surface area contributed by atoms with Crippen LogP contribution in [0.25, 0.3) is 0 Å². The topological polar surface area (TPSA) is 52.7 Å². The summed E-state index contributed by atoms with van der Waals surface area (Å²) in [6.45, 7) is 4.14. The van der Waals surface area contributed by atoms with Crippen LogP contribution in [0.3, 0.4) is 0 Å². The third-order valence-electron chi connectivity index (χ3n) is 10.2. The molecule has 3 aliphatic rings. The fraction of sp³-hybridized carbons (Fsp3) is 0.444. The largest absolute Gasteiger partial charge is 0.355 e. The van der Waals surface area contributed by atoms with Gasteiger partial charge in [-0.2, -0.15) is 0 Å². The lowest BCUT2D eigenvalue weighted by Crippen LogP contribution is -2.54. The van der Waals surface area contributed by atoms with E-state index >= 15 is 0 Å². The van der Waals surface area contributed by atoms with Crippen molar-refractivity contribution >= 4 is 23.4 Å². The Morgan fingerprint density at radius 2 is 1.55 bits per heavy atom. The summed E-state index contributed by atoms with van der Waals surface area (Å²) < 4.78 is 28.3. The number of nitrogens with one attached hydrogen (secondary N) is 1. The standard InChI is InChI=1S/C36H40ClF2N3O2/c37-30-12-6-5-9-26(30)15-18-40-33(43)36(28-13-14-31(38)32(39)23-28)24-29(36)25-41-21-16-35(17-22-41,27-10-3-1-4-11-27)34(44)42-19-7-2-8-20-42/h1,3-6,9-14,23,29H,2,7-8,15-22,24-25H2,(H,40,43)/t29-,36+/m0/s1. The van der Waals surface area contributed by atoms with Crippen molar-refractivity contribution in [3.8, 4) is 0 Å². The van der Waals surface area contributed by atoms with Crippen LogP contribution in [0.4, 0.5) is 8.78 Å². The SMILES string of the molecule is O=C(N1CCCCC1)C1(c2ccccc2)CCN(C[C@@H]2C[C@@]2(C(=O)NCCc2ccccc2Cl)c2ccc(F)c(F)c2)CC1. The summed E-state index contributed by atoms with van der Waals surface area (Å²) in [5.74, 6) is -1.85. The predicted molar refractivity (Wildman–Crippen MR) is 169 cm³/mol. The maximum absolute atomic E-state index is 14.4. The first-order valence-corrected chi connectivity index (χ1v) is 16.3. The van der Waals surface area contributed by atoms with E-state index in [1.165, 1.54) is 12.5 Å². The quantitative estimate of drug-likeness (QED) is 0.307. The minimum Gasteiger partial charge on any atom is -0.355 e. The zero-order valence-corrected chi connectivity index (χ0v) is 25.8. The van der Waals surface area contributed by atoms with E-state index in [9.17, 15) is 18.4 Å². The fourth-order valence-electron chi connectivity index (χ4n) is 7.47. The zero-order valence-electron chi connectivity index (χ0n) is 25.0. The monoisotopic (exact) mass is 619 g/mol. The molecular formula is C36H40ClF2N3O2. The molecule has 1 saturated carbocycles. The second-order valence-electron chi connectivity index (χ2n) is 12.7. The average Bonchev–Trinajstić information content (AvgIpc) is 3.79. The van der Waals surface area contributed by atoms with Gasteiger partial charge in [-0.3, -0.25) is 9.59 Å². The Bertz CT molecular complexity index is 1490. The maximum Gasteiger partial charge on any atom is 0.233 e. The lowest BCUT2D eigenvalue weighted by atomic mass is 9.71. The second-order valence-corrected chi connectivity index (χ2v) is 13.1. The maximum atomic E-state index is 14.4. The van der Waals surface area contributed by atoms with Gasteiger partial charge in [-0.05, 0) is 98.8 Å². The van der Waals surface area contributed by atoms with Gasteiger partial charge in [0.25, 0.3) is 0 Å². The summed E-state index contributed by atoms with van der Waals surface area (Å²) in [7, 11) is 0. The van der Waals surface area contributed by atoms with Crippen LogP contribution in [0, 0.1) is 17.6 Å². The Balaban J connectivity index is 1.16. The van der Waals surface area contributed by atoms with Crippen LogP contribution >= 0.6 is 11.6 Å². The Morgan fingerprint density at radius 3 is 2.25 bits per heavy atom. The first kappa shape index (κ1) is 30.7. The first-order chi connectivity index (χ1) is 21.3. The molecule has 3 fully saturated rings. The molecule has 3 aromatic carbocycles. The number of rotatable bonds is 9. The number of piperidine rings is 2. The molecule has 3 aromatic rings. The number of carbonyl (C=O) groups excluding carboxylic acids is 2. The van der Waals surface area contributed by atoms with E-state index in [0.29, 0.717) is 49.4 Å². The summed E-state index contributed by atoms with van der Waals surface area (Å²) in [4.78, 5) is 32.2. The molecule has 0 spiro atoms. The van der Waals surface area contributed by atoms with Gasteiger partial charge in [0.15, 0.2) is 11.6 Å². The molecule has 6 rings (SSSR count). The fourth-order valence-corrected chi connectivity index (χ4v) is 7.70. The van der Waals surface area contributed by atoms with Gasteiger partial charge >= 0.3 is 0 Å². The number of benzene rings is 3. The number of halogens is 3. The van der Waals surface area contributed by atoms with E-state index in [0.717, 1.165) is 56.2 Å². The number of hydrogen-bond acceptors (Lipinski definition) is 3. The Labute approximate surface area is 263 Å². The van der Waals surface area contributed by atoms with Gasteiger partial charge in [0.1, 0.15) is 0 Å². The smallest absolute Gasteiger partial charge is 0.233 e. The van der Waals surface area contributed by atoms with Crippen LogP contribution in [0.1, 0.15) is 55.2 Å². The van der Waals surface area contributed by atoms with Gasteiger partial charge in [0.2, 0.25) is 11.8 Å². The van der Waals surface area contributed by atoms with E-state index < -0.39 is 22.5 Å². The molecule has 2 saturated heterocycles. The number of nitrogens with zero attached hydrogens (tertiary/aromatic N) is 2. The highest BCUT2D eigenvalue weighted by Gasteiger charge is 2.61. The third kappa shape index (κ3) is 6.01. The highest BCUT2D eigenvalue weighted by Crippen LogP contribution is 2.55. The highest BCUT2D eigenvalue weighted by atomic mass is 35.5. The molecule has 2 aliphatic heterocycles. The van der Waals surface area contributed by atoms with E-state index in [1.807, 2.05) is 42.5 Å². The van der Waals surface area contributed by atoms with Gasteiger partial charge in [-0.15, -0.1) is 0 Å². The molecular weight excluding hydrogens is 580 g/mol. The molecule has 2 amide bonds. The molecule has 8 heteroatoms. The van der Waals surface area contributed by atoms with Gasteiger partial charge in [-0.25, -0.2) is 8.78 Å². The van der Waals surface area contributed by atoms with Crippen LogP contribution in [0.5, 0.6) is 0 Å². The van der Waals surface area contributed by atoms with E-state index in [2.05, 4.69) is 27.2 Å². The minimum absolute atomic E-state index is 0.0466. The zero-order chi connectivity index (χ0) is 30.7. The van der Waals surface area contributed by atoms with E-state index in [-0.39, 0.29) is 17.7 Å². The Morgan fingerprint density at radius 1 is 0.841 bits per heavy atom. The van der Waals surface area contributed by atoms with E-state index in [1.54, 1.807) is 6.07 Å². The molecule has 0 radical (unpaired) electrons. The van der Waals surface area contributed by atoms with Crippen molar-refractivity contribution in [1.82, 2.24) is 15.1 Å². The van der Waals surface area contributed by atoms with Crippen molar-refractivity contribution in [3.63, 3.8) is 0 Å². The lowest BCUT2D eigenvalue weighted by molar-refractivity contribution is -0.140. The van der Waals surface area contributed by atoms with Gasteiger partial charge in [0.05, 0.1) is 10.8 Å². The molecule has 0 aromatic heterocycles. The molecule has 232 valence electrons. The lowest BCUT2D eigenvalue weighted by Gasteiger charge is -2.44. The molecule has 5 nitrogen and oxygen atoms in total. The molecule has 0 bridgehead atoms. The molecule has 2 heterocycles. The average molecular weight is 620 g/mol.